The summed E-state index contributed by atoms with van der Waals surface area (Å²) in [5.41, 5.74) is 1.49. The molecule has 3 heterocycles. The quantitative estimate of drug-likeness (QED) is 0.818. The van der Waals surface area contributed by atoms with Crippen molar-refractivity contribution < 1.29 is 4.74 Å². The molecule has 3 saturated heterocycles. The Hall–Kier alpha value is -0.860. The van der Waals surface area contributed by atoms with Gasteiger partial charge in [-0.25, -0.2) is 0 Å². The van der Waals surface area contributed by atoms with Crippen molar-refractivity contribution in [3.63, 3.8) is 0 Å². The van der Waals surface area contributed by atoms with E-state index in [2.05, 4.69) is 35.2 Å². The molecular weight excluding hydrogens is 258 g/mol. The molecule has 2 atom stereocenters. The van der Waals surface area contributed by atoms with Gasteiger partial charge in [0.05, 0.1) is 12.7 Å². The summed E-state index contributed by atoms with van der Waals surface area (Å²) < 4.78 is 6.45. The topological polar surface area (TPSA) is 12.5 Å². The molecule has 2 heteroatoms. The van der Waals surface area contributed by atoms with Crippen LogP contribution in [-0.2, 0) is 4.74 Å². The van der Waals surface area contributed by atoms with Crippen molar-refractivity contribution in [2.24, 2.45) is 11.8 Å². The van der Waals surface area contributed by atoms with E-state index in [1.807, 2.05) is 0 Å². The van der Waals surface area contributed by atoms with Crippen molar-refractivity contribution in [3.8, 4) is 0 Å². The van der Waals surface area contributed by atoms with E-state index >= 15 is 0 Å². The van der Waals surface area contributed by atoms with Crippen molar-refractivity contribution in [3.05, 3.63) is 35.9 Å². The third kappa shape index (κ3) is 2.89. The van der Waals surface area contributed by atoms with Crippen molar-refractivity contribution in [2.75, 3.05) is 26.2 Å². The highest BCUT2D eigenvalue weighted by Crippen LogP contribution is 2.40. The van der Waals surface area contributed by atoms with Crippen LogP contribution >= 0.6 is 0 Å². The van der Waals surface area contributed by atoms with Crippen LogP contribution in [0.25, 0.3) is 0 Å². The smallest absolute Gasteiger partial charge is 0.0731 e. The van der Waals surface area contributed by atoms with Gasteiger partial charge in [-0.15, -0.1) is 0 Å². The van der Waals surface area contributed by atoms with Crippen LogP contribution in [0.4, 0.5) is 0 Å². The Labute approximate surface area is 128 Å². The van der Waals surface area contributed by atoms with Gasteiger partial charge in [0.2, 0.25) is 0 Å². The SMILES string of the molecule is c1ccc(C(CO[C@H]2CN3CCC2CC3)C2CCC2)cc1. The highest BCUT2D eigenvalue weighted by atomic mass is 16.5. The van der Waals surface area contributed by atoms with Crippen LogP contribution in [0, 0.1) is 11.8 Å². The van der Waals surface area contributed by atoms with Gasteiger partial charge in [-0.2, -0.15) is 0 Å². The Morgan fingerprint density at radius 1 is 1.05 bits per heavy atom. The van der Waals surface area contributed by atoms with E-state index in [0.717, 1.165) is 18.4 Å². The van der Waals surface area contributed by atoms with Crippen LogP contribution in [0.5, 0.6) is 0 Å². The average Bonchev–Trinajstić information content (AvgIpc) is 2.51. The molecule has 114 valence electrons. The van der Waals surface area contributed by atoms with Crippen LogP contribution in [-0.4, -0.2) is 37.2 Å². The fraction of sp³-hybridized carbons (Fsp3) is 0.684. The second kappa shape index (κ2) is 6.10. The summed E-state index contributed by atoms with van der Waals surface area (Å²) in [5, 5.41) is 0. The molecule has 0 radical (unpaired) electrons. The molecule has 3 aliphatic heterocycles. The summed E-state index contributed by atoms with van der Waals surface area (Å²) in [6.45, 7) is 4.71. The Morgan fingerprint density at radius 2 is 1.81 bits per heavy atom. The number of nitrogens with zero attached hydrogens (tertiary/aromatic N) is 1. The number of piperidine rings is 3. The first-order valence-electron chi connectivity index (χ1n) is 8.79. The molecule has 0 N–H and O–H groups in total. The van der Waals surface area contributed by atoms with E-state index in [-0.39, 0.29) is 0 Å². The Balaban J connectivity index is 1.40. The first-order chi connectivity index (χ1) is 10.4. The molecule has 4 fully saturated rings. The van der Waals surface area contributed by atoms with Crippen molar-refractivity contribution >= 4 is 0 Å². The van der Waals surface area contributed by atoms with E-state index in [4.69, 9.17) is 4.74 Å². The number of fused-ring (bicyclic) bond motifs is 3. The van der Waals surface area contributed by atoms with E-state index in [1.54, 1.807) is 0 Å². The summed E-state index contributed by atoms with van der Waals surface area (Å²) in [4.78, 5) is 2.59. The number of ether oxygens (including phenoxy) is 1. The van der Waals surface area contributed by atoms with Gasteiger partial charge in [0.15, 0.2) is 0 Å². The van der Waals surface area contributed by atoms with E-state index in [1.165, 1.54) is 57.3 Å². The van der Waals surface area contributed by atoms with Crippen molar-refractivity contribution in [1.82, 2.24) is 4.90 Å². The Morgan fingerprint density at radius 3 is 2.38 bits per heavy atom. The molecule has 0 aromatic heterocycles. The van der Waals surface area contributed by atoms with E-state index in [0.29, 0.717) is 12.0 Å². The maximum atomic E-state index is 6.45. The molecule has 1 aromatic rings. The molecule has 1 aliphatic carbocycles. The predicted octanol–water partition coefficient (Wildman–Crippen LogP) is 3.68. The maximum Gasteiger partial charge on any atom is 0.0731 e. The third-order valence-electron chi connectivity index (χ3n) is 6.03. The molecule has 2 bridgehead atoms. The normalized spacial score (nSPS) is 33.6. The van der Waals surface area contributed by atoms with Gasteiger partial charge in [-0.1, -0.05) is 36.8 Å². The van der Waals surface area contributed by atoms with Crippen LogP contribution in [0.15, 0.2) is 30.3 Å². The number of hydrogen-bond acceptors (Lipinski definition) is 2. The lowest BCUT2D eigenvalue weighted by molar-refractivity contribution is -0.0786. The lowest BCUT2D eigenvalue weighted by Crippen LogP contribution is -2.51. The van der Waals surface area contributed by atoms with E-state index in [9.17, 15) is 0 Å². The summed E-state index contributed by atoms with van der Waals surface area (Å²) in [6, 6.07) is 11.1. The molecule has 1 saturated carbocycles. The highest BCUT2D eigenvalue weighted by molar-refractivity contribution is 5.21. The van der Waals surface area contributed by atoms with E-state index < -0.39 is 0 Å². The fourth-order valence-corrected chi connectivity index (χ4v) is 4.37. The summed E-state index contributed by atoms with van der Waals surface area (Å²) in [7, 11) is 0. The monoisotopic (exact) mass is 285 g/mol. The molecule has 21 heavy (non-hydrogen) atoms. The van der Waals surface area contributed by atoms with Crippen LogP contribution < -0.4 is 0 Å². The Bertz CT molecular complexity index is 448. The standard InChI is InChI=1S/C19H27NO/c1-2-5-15(6-3-1)18(16-7-4-8-16)14-21-19-13-20-11-9-17(19)10-12-20/h1-3,5-6,16-19H,4,7-14H2/t18?,19-/m0/s1. The highest BCUT2D eigenvalue weighted by Gasteiger charge is 2.36. The third-order valence-corrected chi connectivity index (χ3v) is 6.03. The minimum atomic E-state index is 0.499. The number of benzene rings is 1. The zero-order valence-electron chi connectivity index (χ0n) is 12.9. The molecule has 5 rings (SSSR count). The van der Waals surface area contributed by atoms with Gasteiger partial charge in [-0.3, -0.25) is 0 Å². The van der Waals surface area contributed by atoms with Gasteiger partial charge in [0.1, 0.15) is 0 Å². The van der Waals surface area contributed by atoms with Crippen LogP contribution in [0.3, 0.4) is 0 Å². The number of hydrogen-bond donors (Lipinski definition) is 0. The lowest BCUT2D eigenvalue weighted by Gasteiger charge is -2.45. The largest absolute Gasteiger partial charge is 0.376 e. The lowest BCUT2D eigenvalue weighted by atomic mass is 9.73. The van der Waals surface area contributed by atoms with Gasteiger partial charge in [0.25, 0.3) is 0 Å². The Kier molecular flexibility index (Phi) is 4.00. The first-order valence-corrected chi connectivity index (χ1v) is 8.79. The summed E-state index contributed by atoms with van der Waals surface area (Å²) >= 11 is 0. The molecule has 1 aromatic carbocycles. The zero-order chi connectivity index (χ0) is 14.1. The second-order valence-corrected chi connectivity index (χ2v) is 7.22. The fourth-order valence-electron chi connectivity index (χ4n) is 4.37. The summed E-state index contributed by atoms with van der Waals surface area (Å²) in [5.74, 6) is 2.30. The number of rotatable bonds is 5. The zero-order valence-corrected chi connectivity index (χ0v) is 12.9. The van der Waals surface area contributed by atoms with Gasteiger partial charge in [-0.05, 0) is 56.2 Å². The maximum absolute atomic E-state index is 6.45. The summed E-state index contributed by atoms with van der Waals surface area (Å²) in [6.07, 6.45) is 7.40. The molecule has 4 aliphatic rings. The molecule has 2 nitrogen and oxygen atoms in total. The molecule has 0 amide bonds. The van der Waals surface area contributed by atoms with Gasteiger partial charge < -0.3 is 9.64 Å². The second-order valence-electron chi connectivity index (χ2n) is 7.22. The molecule has 0 spiro atoms. The predicted molar refractivity (Wildman–Crippen MR) is 85.4 cm³/mol. The molecular formula is C19H27NO. The van der Waals surface area contributed by atoms with Gasteiger partial charge in [0, 0.05) is 12.5 Å². The van der Waals surface area contributed by atoms with Crippen LogP contribution in [0.2, 0.25) is 0 Å². The van der Waals surface area contributed by atoms with Crippen molar-refractivity contribution in [1.29, 1.82) is 0 Å². The van der Waals surface area contributed by atoms with Crippen LogP contribution in [0.1, 0.15) is 43.6 Å². The van der Waals surface area contributed by atoms with Gasteiger partial charge >= 0.3 is 0 Å². The van der Waals surface area contributed by atoms with Crippen molar-refractivity contribution in [2.45, 2.75) is 44.1 Å². The first kappa shape index (κ1) is 13.8. The minimum Gasteiger partial charge on any atom is -0.376 e. The minimum absolute atomic E-state index is 0.499. The average molecular weight is 285 g/mol. The molecule has 1 unspecified atom stereocenters.